The number of nitrogens with one attached hydrogen (secondary N) is 1. The van der Waals surface area contributed by atoms with Crippen LogP contribution in [0.5, 0.6) is 0 Å². The molecule has 0 bridgehead atoms. The molecule has 1 fully saturated rings. The van der Waals surface area contributed by atoms with Crippen molar-refractivity contribution < 1.29 is 0 Å². The first-order chi connectivity index (χ1) is 9.90. The molecule has 3 rings (SSSR count). The average molecular weight is 367 g/mol. The van der Waals surface area contributed by atoms with Crippen molar-refractivity contribution in [2.24, 2.45) is 0 Å². The van der Waals surface area contributed by atoms with Crippen LogP contribution in [-0.2, 0) is 5.41 Å². The first-order valence-corrected chi connectivity index (χ1v) is 8.79. The monoisotopic (exact) mass is 366 g/mol. The van der Waals surface area contributed by atoms with Crippen LogP contribution in [0, 0.1) is 0 Å². The lowest BCUT2D eigenvalue weighted by Gasteiger charge is -2.13. The van der Waals surface area contributed by atoms with E-state index < -0.39 is 0 Å². The second-order valence-corrected chi connectivity index (χ2v) is 8.06. The highest BCUT2D eigenvalue weighted by molar-refractivity contribution is 9.10. The number of hydrogen-bond donors (Lipinski definition) is 1. The van der Waals surface area contributed by atoms with E-state index in [0.29, 0.717) is 5.92 Å². The molecule has 2 heterocycles. The van der Waals surface area contributed by atoms with Gasteiger partial charge in [-0.25, -0.2) is 15.0 Å². The fraction of sp³-hybridized carbons (Fsp3) is 0.533. The van der Waals surface area contributed by atoms with Crippen LogP contribution in [0.4, 0.5) is 5.82 Å². The van der Waals surface area contributed by atoms with Gasteiger partial charge in [-0.15, -0.1) is 11.3 Å². The number of nitrogens with zero attached hydrogens (tertiary/aromatic N) is 3. The number of thiazole rings is 1. The van der Waals surface area contributed by atoms with Crippen molar-refractivity contribution in [3.05, 3.63) is 20.6 Å². The minimum atomic E-state index is 0.0590. The Labute approximate surface area is 137 Å². The molecule has 0 saturated heterocycles. The van der Waals surface area contributed by atoms with Crippen LogP contribution in [0.2, 0.25) is 0 Å². The van der Waals surface area contributed by atoms with Gasteiger partial charge in [0.1, 0.15) is 11.5 Å². The Morgan fingerprint density at radius 3 is 2.48 bits per heavy atom. The molecular weight excluding hydrogens is 348 g/mol. The third-order valence-electron chi connectivity index (χ3n) is 3.45. The first kappa shape index (κ1) is 14.9. The molecular formula is C15H19BrN4S. The van der Waals surface area contributed by atoms with E-state index in [-0.39, 0.29) is 5.41 Å². The molecule has 0 atom stereocenters. The smallest absolute Gasteiger partial charge is 0.181 e. The van der Waals surface area contributed by atoms with Crippen molar-refractivity contribution in [2.45, 2.75) is 44.9 Å². The molecule has 1 aliphatic carbocycles. The van der Waals surface area contributed by atoms with Crippen LogP contribution >= 0.6 is 27.3 Å². The topological polar surface area (TPSA) is 50.7 Å². The van der Waals surface area contributed by atoms with E-state index >= 15 is 0 Å². The molecule has 0 aromatic carbocycles. The van der Waals surface area contributed by atoms with Crippen molar-refractivity contribution in [3.8, 4) is 11.5 Å². The summed E-state index contributed by atoms with van der Waals surface area (Å²) in [5, 5.41) is 6.31. The summed E-state index contributed by atoms with van der Waals surface area (Å²) in [5.41, 5.74) is 2.04. The van der Waals surface area contributed by atoms with Gasteiger partial charge in [0.15, 0.2) is 5.82 Å². The van der Waals surface area contributed by atoms with E-state index in [4.69, 9.17) is 9.97 Å². The standard InChI is InChI=1S/C15H19BrN4S/c1-15(2,3)14-18-9(7-21-14)12-19-11(8-5-6-8)10(16)13(17-4)20-12/h7-8H,5-6H2,1-4H3,(H,17,19,20). The lowest BCUT2D eigenvalue weighted by Crippen LogP contribution is -2.10. The largest absolute Gasteiger partial charge is 0.372 e. The second kappa shape index (κ2) is 5.32. The van der Waals surface area contributed by atoms with E-state index in [1.165, 1.54) is 12.8 Å². The van der Waals surface area contributed by atoms with Crippen molar-refractivity contribution in [1.29, 1.82) is 0 Å². The third-order valence-corrected chi connectivity index (χ3v) is 5.50. The molecule has 2 aromatic heterocycles. The van der Waals surface area contributed by atoms with Crippen molar-refractivity contribution in [1.82, 2.24) is 15.0 Å². The van der Waals surface area contributed by atoms with Gasteiger partial charge in [-0.1, -0.05) is 20.8 Å². The van der Waals surface area contributed by atoms with Crippen LogP contribution in [0.3, 0.4) is 0 Å². The summed E-state index contributed by atoms with van der Waals surface area (Å²) in [6, 6.07) is 0. The van der Waals surface area contributed by atoms with Crippen molar-refractivity contribution in [3.63, 3.8) is 0 Å². The van der Waals surface area contributed by atoms with E-state index in [1.807, 2.05) is 7.05 Å². The van der Waals surface area contributed by atoms with Gasteiger partial charge in [0.05, 0.1) is 15.2 Å². The van der Waals surface area contributed by atoms with Gasteiger partial charge in [0, 0.05) is 23.8 Å². The number of anilines is 1. The Kier molecular flexibility index (Phi) is 3.78. The van der Waals surface area contributed by atoms with Gasteiger partial charge in [0.25, 0.3) is 0 Å². The number of rotatable bonds is 3. The van der Waals surface area contributed by atoms with Crippen LogP contribution in [0.1, 0.15) is 50.2 Å². The maximum Gasteiger partial charge on any atom is 0.181 e. The van der Waals surface area contributed by atoms with Crippen LogP contribution in [-0.4, -0.2) is 22.0 Å². The molecule has 112 valence electrons. The highest BCUT2D eigenvalue weighted by Crippen LogP contribution is 2.44. The maximum atomic E-state index is 4.75. The van der Waals surface area contributed by atoms with Crippen molar-refractivity contribution >= 4 is 33.1 Å². The maximum absolute atomic E-state index is 4.75. The van der Waals surface area contributed by atoms with Gasteiger partial charge in [-0.2, -0.15) is 0 Å². The number of hydrogen-bond acceptors (Lipinski definition) is 5. The molecule has 6 heteroatoms. The molecule has 0 amide bonds. The van der Waals surface area contributed by atoms with Gasteiger partial charge in [-0.05, 0) is 28.8 Å². The zero-order chi connectivity index (χ0) is 15.2. The third kappa shape index (κ3) is 2.97. The van der Waals surface area contributed by atoms with Crippen LogP contribution in [0.15, 0.2) is 9.85 Å². The zero-order valence-electron chi connectivity index (χ0n) is 12.7. The Hall–Kier alpha value is -1.01. The summed E-state index contributed by atoms with van der Waals surface area (Å²) in [6.07, 6.45) is 2.42. The Morgan fingerprint density at radius 2 is 1.95 bits per heavy atom. The van der Waals surface area contributed by atoms with Gasteiger partial charge in [0.2, 0.25) is 0 Å². The van der Waals surface area contributed by atoms with E-state index in [0.717, 1.165) is 32.5 Å². The van der Waals surface area contributed by atoms with Gasteiger partial charge >= 0.3 is 0 Å². The van der Waals surface area contributed by atoms with Crippen LogP contribution < -0.4 is 5.32 Å². The lowest BCUT2D eigenvalue weighted by molar-refractivity contribution is 0.586. The molecule has 2 aromatic rings. The summed E-state index contributed by atoms with van der Waals surface area (Å²) in [5.74, 6) is 2.12. The van der Waals surface area contributed by atoms with Crippen LogP contribution in [0.25, 0.3) is 11.5 Å². The predicted octanol–water partition coefficient (Wildman–Crippen LogP) is 4.58. The first-order valence-electron chi connectivity index (χ1n) is 7.11. The van der Waals surface area contributed by atoms with Gasteiger partial charge < -0.3 is 5.32 Å². The fourth-order valence-corrected chi connectivity index (χ4v) is 3.68. The summed E-state index contributed by atoms with van der Waals surface area (Å²) in [4.78, 5) is 14.1. The number of aromatic nitrogens is 3. The Morgan fingerprint density at radius 1 is 1.24 bits per heavy atom. The van der Waals surface area contributed by atoms with E-state index in [9.17, 15) is 0 Å². The SMILES string of the molecule is CNc1nc(-c2csc(C(C)(C)C)n2)nc(C2CC2)c1Br. The molecule has 0 spiro atoms. The molecule has 1 N–H and O–H groups in total. The highest BCUT2D eigenvalue weighted by atomic mass is 79.9. The highest BCUT2D eigenvalue weighted by Gasteiger charge is 2.30. The molecule has 1 saturated carbocycles. The molecule has 21 heavy (non-hydrogen) atoms. The minimum Gasteiger partial charge on any atom is -0.372 e. The molecule has 0 unspecified atom stereocenters. The Bertz CT molecular complexity index is 671. The van der Waals surface area contributed by atoms with Gasteiger partial charge in [-0.3, -0.25) is 0 Å². The quantitative estimate of drug-likeness (QED) is 0.863. The summed E-state index contributed by atoms with van der Waals surface area (Å²) >= 11 is 5.30. The minimum absolute atomic E-state index is 0.0590. The Balaban J connectivity index is 2.05. The zero-order valence-corrected chi connectivity index (χ0v) is 15.1. The fourth-order valence-electron chi connectivity index (χ4n) is 2.09. The average Bonchev–Trinajstić information content (AvgIpc) is 3.13. The summed E-state index contributed by atoms with van der Waals surface area (Å²) < 4.78 is 0.988. The normalized spacial score (nSPS) is 15.3. The van der Waals surface area contributed by atoms with Crippen molar-refractivity contribution in [2.75, 3.05) is 12.4 Å². The summed E-state index contributed by atoms with van der Waals surface area (Å²) in [6.45, 7) is 6.52. The van der Waals surface area contributed by atoms with E-state index in [2.05, 4.69) is 52.4 Å². The molecule has 0 aliphatic heterocycles. The second-order valence-electron chi connectivity index (χ2n) is 6.41. The summed E-state index contributed by atoms with van der Waals surface area (Å²) in [7, 11) is 1.88. The lowest BCUT2D eigenvalue weighted by atomic mass is 9.98. The molecule has 1 aliphatic rings. The van der Waals surface area contributed by atoms with E-state index in [1.54, 1.807) is 11.3 Å². The predicted molar refractivity (Wildman–Crippen MR) is 91.1 cm³/mol. The number of halogens is 1. The molecule has 4 nitrogen and oxygen atoms in total. The molecule has 0 radical (unpaired) electrons.